The number of nitrogens with one attached hydrogen (secondary N) is 5. The first-order chi connectivity index (χ1) is 67.2. The van der Waals surface area contributed by atoms with E-state index in [9.17, 15) is 73.2 Å². The highest BCUT2D eigenvalue weighted by molar-refractivity contribution is 6.06. The molecule has 2 aliphatic rings. The third-order valence-electron chi connectivity index (χ3n) is 26.2. The van der Waals surface area contributed by atoms with Gasteiger partial charge >= 0.3 is 35.8 Å². The van der Waals surface area contributed by atoms with E-state index >= 15 is 0 Å². The van der Waals surface area contributed by atoms with Crippen LogP contribution in [0.3, 0.4) is 0 Å². The number of aliphatic carboxylic acids is 4. The number of hydrogen-bond acceptors (Lipinski definition) is 17. The van der Waals surface area contributed by atoms with Gasteiger partial charge in [-0.2, -0.15) is 0 Å². The number of ether oxygens (including phenoxy) is 6. The Balaban J connectivity index is 0.787. The molecule has 0 saturated heterocycles. The fourth-order valence-electron chi connectivity index (χ4n) is 18.4. The molecule has 5 amide bonds. The lowest BCUT2D eigenvalue weighted by atomic mass is 9.69. The first-order valence-corrected chi connectivity index (χ1v) is 50.6. The lowest BCUT2D eigenvalue weighted by Gasteiger charge is -2.34. The number of carbonyl (C=O) groups is 11. The molecule has 139 heavy (non-hydrogen) atoms. The highest BCUT2D eigenvalue weighted by Crippen LogP contribution is 2.44. The fraction of sp³-hybridized carbons (Fsp3) is 0.496. The molecule has 0 aliphatic heterocycles. The zero-order valence-electron chi connectivity index (χ0n) is 82.4. The average molecular weight is 1910 g/mol. The zero-order valence-corrected chi connectivity index (χ0v) is 82.4. The summed E-state index contributed by atoms with van der Waals surface area (Å²) in [5.41, 5.74) is 7.48. The van der Waals surface area contributed by atoms with E-state index in [1.807, 2.05) is 43.3 Å². The van der Waals surface area contributed by atoms with Crippen molar-refractivity contribution in [2.24, 2.45) is 47.3 Å². The van der Waals surface area contributed by atoms with Crippen LogP contribution in [-0.4, -0.2) is 126 Å². The molecule has 9 N–H and O–H groups in total. The molecule has 0 aromatic heterocycles. The molecule has 0 radical (unpaired) electrons. The molecule has 0 bridgehead atoms. The maximum Gasteiger partial charge on any atom is 0.344 e. The van der Waals surface area contributed by atoms with Gasteiger partial charge in [0.15, 0.2) is 18.1 Å². The van der Waals surface area contributed by atoms with Crippen molar-refractivity contribution in [3.63, 3.8) is 0 Å². The third kappa shape index (κ3) is 37.2. The maximum atomic E-state index is 14.6. The Kier molecular flexibility index (Phi) is 47.2. The summed E-state index contributed by atoms with van der Waals surface area (Å²) in [7, 11) is 1.37. The van der Waals surface area contributed by atoms with Crippen molar-refractivity contribution in [1.29, 1.82) is 0 Å². The van der Waals surface area contributed by atoms with Gasteiger partial charge in [-0.3, -0.25) is 43.2 Å². The Morgan fingerprint density at radius 1 is 0.417 bits per heavy atom. The monoisotopic (exact) mass is 1910 g/mol. The molecule has 2 aliphatic carbocycles. The van der Waals surface area contributed by atoms with Crippen molar-refractivity contribution in [3.8, 4) is 51.0 Å². The second kappa shape index (κ2) is 59.6. The predicted molar refractivity (Wildman–Crippen MR) is 541 cm³/mol. The van der Waals surface area contributed by atoms with Gasteiger partial charge in [0.1, 0.15) is 18.1 Å². The van der Waals surface area contributed by atoms with Crippen LogP contribution >= 0.6 is 0 Å². The Labute approximate surface area is 820 Å². The minimum Gasteiger partial charge on any atom is -0.490 e. The highest BCUT2D eigenvalue weighted by Gasteiger charge is 2.45. The van der Waals surface area contributed by atoms with Crippen LogP contribution in [0.2, 0.25) is 0 Å². The van der Waals surface area contributed by atoms with Gasteiger partial charge in [-0.15, -0.1) is 0 Å². The van der Waals surface area contributed by atoms with Crippen LogP contribution in [0.5, 0.6) is 28.7 Å². The average Bonchev–Trinajstić information content (AvgIpc) is 0.789. The first kappa shape index (κ1) is 110. The van der Waals surface area contributed by atoms with Gasteiger partial charge < -0.3 is 75.4 Å². The third-order valence-corrected chi connectivity index (χ3v) is 26.2. The van der Waals surface area contributed by atoms with Gasteiger partial charge in [0.25, 0.3) is 5.91 Å². The molecule has 8 unspecified atom stereocenters. The van der Waals surface area contributed by atoms with E-state index in [0.717, 1.165) is 80.0 Å². The van der Waals surface area contributed by atoms with Crippen LogP contribution in [0.25, 0.3) is 22.3 Å². The van der Waals surface area contributed by atoms with Crippen LogP contribution in [-0.2, 0) is 60.9 Å². The van der Waals surface area contributed by atoms with Gasteiger partial charge in [-0.05, 0) is 196 Å². The Hall–Kier alpha value is -12.6. The molecule has 0 fully saturated rings. The summed E-state index contributed by atoms with van der Waals surface area (Å²) in [6, 6.07) is 43.3. The van der Waals surface area contributed by atoms with Crippen LogP contribution < -0.4 is 50.3 Å². The number of unbranched alkanes of at least 4 members (excludes halogenated alkanes) is 27. The fourth-order valence-corrected chi connectivity index (χ4v) is 18.4. The van der Waals surface area contributed by atoms with Crippen molar-refractivity contribution >= 4 is 82.4 Å². The topological polar surface area (TPSA) is 384 Å². The highest BCUT2D eigenvalue weighted by atomic mass is 16.6. The van der Waals surface area contributed by atoms with Gasteiger partial charge in [-0.25, -0.2) is 9.59 Å². The zero-order chi connectivity index (χ0) is 99.8. The number of benzene rings is 7. The molecule has 0 spiro atoms. The lowest BCUT2D eigenvalue weighted by molar-refractivity contribution is -0.150. The largest absolute Gasteiger partial charge is 0.490 e. The number of anilines is 3. The van der Waals surface area contributed by atoms with E-state index in [2.05, 4.69) is 47.4 Å². The van der Waals surface area contributed by atoms with Crippen LogP contribution in [0.15, 0.2) is 175 Å². The minimum atomic E-state index is -1.36. The molecule has 7 aromatic carbocycles. The van der Waals surface area contributed by atoms with E-state index < -0.39 is 132 Å². The summed E-state index contributed by atoms with van der Waals surface area (Å²) < 4.78 is 37.0. The smallest absolute Gasteiger partial charge is 0.344 e. The Morgan fingerprint density at radius 2 is 0.892 bits per heavy atom. The van der Waals surface area contributed by atoms with Crippen LogP contribution in [0.4, 0.5) is 17.1 Å². The lowest BCUT2D eigenvalue weighted by Crippen LogP contribution is -2.42. The van der Waals surface area contributed by atoms with Gasteiger partial charge in [0, 0.05) is 42.6 Å². The summed E-state index contributed by atoms with van der Waals surface area (Å²) >= 11 is 0. The van der Waals surface area contributed by atoms with Crippen molar-refractivity contribution < 1.29 is 102 Å². The summed E-state index contributed by atoms with van der Waals surface area (Å²) in [5.74, 6) is -16.3. The van der Waals surface area contributed by atoms with E-state index in [0.29, 0.717) is 88.3 Å². The molecular weight excluding hydrogens is 1760 g/mol. The molecule has 8 atom stereocenters. The van der Waals surface area contributed by atoms with Crippen LogP contribution in [0, 0.1) is 54.3 Å². The number of carboxylic acids is 4. The molecule has 750 valence electrons. The van der Waals surface area contributed by atoms with Crippen molar-refractivity contribution in [3.05, 3.63) is 203 Å². The SMILES string of the molecule is CCCCCCCCCCCCOc1cc(C(=O)Oc2ccc(NC(=O)c3cc(-c4cccc(C)c4)cc(-c4cccc(NC(=O)C5C(C)=CC(C(CC(=O)NCCc6ccc(COC(=O)COc7ccc(NC(=O)C8CC(C(CC(=O)O)C(=O)NC)C=C(C)C8C(=O)O)cc7)cc6)C(=O)O)CC5C(=O)O)c4)c3)cc2)cc(OCCCCCCCCCCCC)c1OCCCCCCCCCCCC. The molecule has 0 heterocycles. The van der Waals surface area contributed by atoms with Crippen molar-refractivity contribution in [2.45, 2.75) is 273 Å². The summed E-state index contributed by atoms with van der Waals surface area (Å²) in [6.45, 7) is 12.8. The molecule has 26 nitrogen and oxygen atoms in total. The quantitative estimate of drug-likeness (QED) is 0.00740. The number of allylic oxidation sites excluding steroid dienone is 2. The second-order valence-corrected chi connectivity index (χ2v) is 37.3. The Bertz CT molecular complexity index is 5150. The Morgan fingerprint density at radius 3 is 1.40 bits per heavy atom. The summed E-state index contributed by atoms with van der Waals surface area (Å²) in [6.07, 6.45) is 37.8. The maximum absolute atomic E-state index is 14.6. The number of carboxylic acid groups (broad SMARTS) is 4. The molecule has 0 saturated carbocycles. The molecule has 26 heteroatoms. The normalized spacial score (nSPS) is 16.0. The number of amides is 5. The predicted octanol–water partition coefficient (Wildman–Crippen LogP) is 23.6. The van der Waals surface area contributed by atoms with E-state index in [-0.39, 0.29) is 48.7 Å². The summed E-state index contributed by atoms with van der Waals surface area (Å²) in [5, 5.41) is 54.8. The number of esters is 2. The second-order valence-electron chi connectivity index (χ2n) is 37.3. The minimum absolute atomic E-state index is 0.0874. The van der Waals surface area contributed by atoms with E-state index in [1.54, 1.807) is 110 Å². The molecular formula is C113H147N5O21. The van der Waals surface area contributed by atoms with Crippen LogP contribution in [0.1, 0.15) is 290 Å². The van der Waals surface area contributed by atoms with Gasteiger partial charge in [-0.1, -0.05) is 284 Å². The van der Waals surface area contributed by atoms with Gasteiger partial charge in [0.2, 0.25) is 29.4 Å². The number of carbonyl (C=O) groups excluding carboxylic acids is 7. The number of hydrogen-bond donors (Lipinski definition) is 9. The van der Waals surface area contributed by atoms with Crippen molar-refractivity contribution in [2.75, 3.05) is 56.0 Å². The number of aryl methyl sites for hydroxylation is 1. The molecule has 9 rings (SSSR count). The molecule has 7 aromatic rings. The number of rotatable bonds is 64. The van der Waals surface area contributed by atoms with Crippen molar-refractivity contribution in [1.82, 2.24) is 10.6 Å². The summed E-state index contributed by atoms with van der Waals surface area (Å²) in [4.78, 5) is 146. The van der Waals surface area contributed by atoms with E-state index in [4.69, 9.17) is 28.4 Å². The standard InChI is InChI=1S/C113H147N5O21/c1-8-11-14-17-20-23-26-29-32-35-58-134-98-70-88(71-99(135-59-36-33-30-27-24-21-18-15-12-9-2)105(98)136-60-37-34-31-28-25-22-19-16-13-10-3)113(133)139-93-54-50-89(51-55-93)116-106(123)87-65-83(81-41-38-40-76(4)61-81)64-84(66-87)82-42-39-43-91(67-82)118-109(126)103-77(5)62-86(69-97(103)111(129)130)95(110(127)128)72-100(119)115-57-56-79-44-46-80(47-45-79)74-138-102(122)75-137-92-52-48-90(49-53-92)117-108(125)96-68-85(63-78(6)104(96)112(131)132)94(73-101(120)121)107(124)114-7/h38-55,61-67,70-71,85-86,94-97,103-104H,8-37,56-60,68-69,72-75H2,1-7H3,(H,114,124)(H,115,119)(H,116,123)(H,117,125)(H,118,126)(H,120,121)(H,127,128)(H,129,130)(H,131,132). The first-order valence-electron chi connectivity index (χ1n) is 50.6. The van der Waals surface area contributed by atoms with E-state index in [1.165, 1.54) is 173 Å². The van der Waals surface area contributed by atoms with Gasteiger partial charge in [0.05, 0.1) is 67.3 Å².